The Morgan fingerprint density at radius 2 is 1.88 bits per heavy atom. The molecule has 25 heavy (non-hydrogen) atoms. The lowest BCUT2D eigenvalue weighted by molar-refractivity contribution is -0.116. The SMILES string of the molecule is CCOC(=O)NCCC(=O)Nc1c(C)n(C)n(-c2ccccc2)c1=O. The molecule has 0 atom stereocenters. The molecule has 2 N–H and O–H groups in total. The molecule has 0 bridgehead atoms. The normalized spacial score (nSPS) is 10.4. The van der Waals surface area contributed by atoms with Crippen molar-refractivity contribution in [2.45, 2.75) is 20.3 Å². The molecule has 0 unspecified atom stereocenters. The van der Waals surface area contributed by atoms with Crippen molar-refractivity contribution in [3.05, 3.63) is 46.4 Å². The molecule has 134 valence electrons. The van der Waals surface area contributed by atoms with Gasteiger partial charge in [0.15, 0.2) is 0 Å². The van der Waals surface area contributed by atoms with Gasteiger partial charge < -0.3 is 15.4 Å². The molecular weight excluding hydrogens is 324 g/mol. The van der Waals surface area contributed by atoms with Crippen LogP contribution in [0.2, 0.25) is 0 Å². The summed E-state index contributed by atoms with van der Waals surface area (Å²) in [4.78, 5) is 35.9. The molecule has 2 aromatic rings. The molecule has 1 heterocycles. The highest BCUT2D eigenvalue weighted by atomic mass is 16.5. The lowest BCUT2D eigenvalue weighted by atomic mass is 10.3. The van der Waals surface area contributed by atoms with E-state index in [1.165, 1.54) is 4.68 Å². The monoisotopic (exact) mass is 346 g/mol. The number of anilines is 1. The molecule has 0 aliphatic carbocycles. The van der Waals surface area contributed by atoms with Crippen molar-refractivity contribution in [1.82, 2.24) is 14.7 Å². The number of carbonyl (C=O) groups is 2. The molecule has 2 rings (SSSR count). The summed E-state index contributed by atoms with van der Waals surface area (Å²) < 4.78 is 7.88. The first kappa shape index (κ1) is 18.3. The number of hydrogen-bond acceptors (Lipinski definition) is 4. The molecule has 8 nitrogen and oxygen atoms in total. The van der Waals surface area contributed by atoms with Crippen molar-refractivity contribution in [3.63, 3.8) is 0 Å². The van der Waals surface area contributed by atoms with Crippen molar-refractivity contribution in [3.8, 4) is 5.69 Å². The van der Waals surface area contributed by atoms with Crippen LogP contribution in [-0.4, -0.2) is 34.5 Å². The molecule has 8 heteroatoms. The molecule has 0 saturated heterocycles. The minimum atomic E-state index is -0.572. The Hall–Kier alpha value is -3.03. The van der Waals surface area contributed by atoms with Crippen LogP contribution in [0.5, 0.6) is 0 Å². The number of benzene rings is 1. The zero-order chi connectivity index (χ0) is 18.4. The van der Waals surface area contributed by atoms with Crippen molar-refractivity contribution < 1.29 is 14.3 Å². The van der Waals surface area contributed by atoms with Crippen LogP contribution in [0.1, 0.15) is 19.0 Å². The maximum absolute atomic E-state index is 12.7. The number of nitrogens with one attached hydrogen (secondary N) is 2. The molecule has 0 spiro atoms. The summed E-state index contributed by atoms with van der Waals surface area (Å²) in [5.41, 5.74) is 1.27. The van der Waals surface area contributed by atoms with Crippen molar-refractivity contribution >= 4 is 17.7 Å². The quantitative estimate of drug-likeness (QED) is 0.830. The fraction of sp³-hybridized carbons (Fsp3) is 0.353. The van der Waals surface area contributed by atoms with E-state index < -0.39 is 6.09 Å². The molecule has 1 aromatic heterocycles. The number of amides is 2. The van der Waals surface area contributed by atoms with Crippen LogP contribution in [-0.2, 0) is 16.6 Å². The number of aromatic nitrogens is 2. The van der Waals surface area contributed by atoms with Crippen molar-refractivity contribution in [2.75, 3.05) is 18.5 Å². The van der Waals surface area contributed by atoms with Crippen LogP contribution in [0, 0.1) is 6.92 Å². The maximum Gasteiger partial charge on any atom is 0.407 e. The van der Waals surface area contributed by atoms with Gasteiger partial charge in [-0.05, 0) is 26.0 Å². The summed E-state index contributed by atoms with van der Waals surface area (Å²) >= 11 is 0. The average Bonchev–Trinajstić information content (AvgIpc) is 2.79. The Morgan fingerprint density at radius 3 is 2.52 bits per heavy atom. The third-order valence-electron chi connectivity index (χ3n) is 3.72. The highest BCUT2D eigenvalue weighted by molar-refractivity contribution is 5.91. The minimum absolute atomic E-state index is 0.0396. The first-order valence-electron chi connectivity index (χ1n) is 8.00. The van der Waals surface area contributed by atoms with Gasteiger partial charge in [-0.1, -0.05) is 18.2 Å². The second-order valence-electron chi connectivity index (χ2n) is 5.38. The Kier molecular flexibility index (Phi) is 5.99. The summed E-state index contributed by atoms with van der Waals surface area (Å²) in [6, 6.07) is 9.17. The smallest absolute Gasteiger partial charge is 0.407 e. The van der Waals surface area contributed by atoms with Gasteiger partial charge >= 0.3 is 6.09 Å². The second-order valence-corrected chi connectivity index (χ2v) is 5.38. The Labute approximate surface area is 145 Å². The zero-order valence-electron chi connectivity index (χ0n) is 14.5. The van der Waals surface area contributed by atoms with E-state index in [1.54, 1.807) is 25.6 Å². The van der Waals surface area contributed by atoms with Crippen LogP contribution >= 0.6 is 0 Å². The van der Waals surface area contributed by atoms with Gasteiger partial charge in [0.2, 0.25) is 5.91 Å². The zero-order valence-corrected chi connectivity index (χ0v) is 14.5. The molecule has 0 aliphatic rings. The van der Waals surface area contributed by atoms with Crippen LogP contribution in [0.4, 0.5) is 10.5 Å². The van der Waals surface area contributed by atoms with Gasteiger partial charge in [0.25, 0.3) is 5.56 Å². The van der Waals surface area contributed by atoms with Crippen LogP contribution in [0.25, 0.3) is 5.69 Å². The number of rotatable bonds is 6. The number of para-hydroxylation sites is 1. The summed E-state index contributed by atoms with van der Waals surface area (Å²) in [6.45, 7) is 3.85. The van der Waals surface area contributed by atoms with Gasteiger partial charge in [0.05, 0.1) is 18.0 Å². The highest BCUT2D eigenvalue weighted by Gasteiger charge is 2.17. The molecular formula is C17H22N4O4. The van der Waals surface area contributed by atoms with E-state index >= 15 is 0 Å². The lowest BCUT2D eigenvalue weighted by Gasteiger charge is -2.07. The van der Waals surface area contributed by atoms with Crippen LogP contribution in [0.3, 0.4) is 0 Å². The van der Waals surface area contributed by atoms with E-state index in [-0.39, 0.29) is 36.7 Å². The Bertz CT molecular complexity index is 808. The molecule has 0 fully saturated rings. The van der Waals surface area contributed by atoms with E-state index in [2.05, 4.69) is 10.6 Å². The predicted octanol–water partition coefficient (Wildman–Crippen LogP) is 1.56. The van der Waals surface area contributed by atoms with Gasteiger partial charge in [-0.2, -0.15) is 0 Å². The summed E-state index contributed by atoms with van der Waals surface area (Å²) in [5, 5.41) is 5.09. The van der Waals surface area contributed by atoms with E-state index in [0.717, 1.165) is 0 Å². The maximum atomic E-state index is 12.7. The van der Waals surface area contributed by atoms with E-state index in [9.17, 15) is 14.4 Å². The fourth-order valence-electron chi connectivity index (χ4n) is 2.37. The summed E-state index contributed by atoms with van der Waals surface area (Å²) in [6.07, 6.45) is -0.532. The van der Waals surface area contributed by atoms with Gasteiger partial charge in [-0.3, -0.25) is 14.3 Å². The third kappa shape index (κ3) is 4.28. The van der Waals surface area contributed by atoms with E-state index in [4.69, 9.17) is 4.74 Å². The average molecular weight is 346 g/mol. The number of carbonyl (C=O) groups excluding carboxylic acids is 2. The molecule has 0 radical (unpaired) electrons. The topological polar surface area (TPSA) is 94.4 Å². The molecule has 0 saturated carbocycles. The van der Waals surface area contributed by atoms with Crippen molar-refractivity contribution in [1.29, 1.82) is 0 Å². The standard InChI is InChI=1S/C17H22N4O4/c1-4-25-17(24)18-11-10-14(22)19-15-12(2)20(3)21(16(15)23)13-8-6-5-7-9-13/h5-9H,4,10-11H2,1-3H3,(H,18,24)(H,19,22). The summed E-state index contributed by atoms with van der Waals surface area (Å²) in [7, 11) is 1.75. The highest BCUT2D eigenvalue weighted by Crippen LogP contribution is 2.13. The Balaban J connectivity index is 2.09. The van der Waals surface area contributed by atoms with Crippen LogP contribution in [0.15, 0.2) is 35.1 Å². The molecule has 1 aromatic carbocycles. The predicted molar refractivity (Wildman–Crippen MR) is 94.0 cm³/mol. The molecule has 2 amide bonds. The minimum Gasteiger partial charge on any atom is -0.450 e. The van der Waals surface area contributed by atoms with Gasteiger partial charge in [0, 0.05) is 20.0 Å². The number of hydrogen-bond donors (Lipinski definition) is 2. The lowest BCUT2D eigenvalue weighted by Crippen LogP contribution is -2.29. The van der Waals surface area contributed by atoms with E-state index in [0.29, 0.717) is 11.4 Å². The van der Waals surface area contributed by atoms with E-state index in [1.807, 2.05) is 30.3 Å². The first-order valence-corrected chi connectivity index (χ1v) is 8.00. The second kappa shape index (κ2) is 8.18. The third-order valence-corrected chi connectivity index (χ3v) is 3.72. The van der Waals surface area contributed by atoms with Crippen LogP contribution < -0.4 is 16.2 Å². The first-order chi connectivity index (χ1) is 12.0. The van der Waals surface area contributed by atoms with Gasteiger partial charge in [-0.15, -0.1) is 0 Å². The fourth-order valence-corrected chi connectivity index (χ4v) is 2.37. The Morgan fingerprint density at radius 1 is 1.20 bits per heavy atom. The number of nitrogens with zero attached hydrogens (tertiary/aromatic N) is 2. The molecule has 0 aliphatic heterocycles. The summed E-state index contributed by atoms with van der Waals surface area (Å²) in [5.74, 6) is -0.359. The van der Waals surface area contributed by atoms with Crippen molar-refractivity contribution in [2.24, 2.45) is 7.05 Å². The largest absolute Gasteiger partial charge is 0.450 e. The van der Waals surface area contributed by atoms with Gasteiger partial charge in [-0.25, -0.2) is 9.48 Å². The number of ether oxygens (including phenoxy) is 1. The van der Waals surface area contributed by atoms with Gasteiger partial charge in [0.1, 0.15) is 5.69 Å². The number of alkyl carbamates (subject to hydrolysis) is 1.